The molecule has 0 aliphatic rings. The number of carboxylic acids is 1. The van der Waals surface area contributed by atoms with E-state index in [0.717, 1.165) is 15.9 Å². The summed E-state index contributed by atoms with van der Waals surface area (Å²) in [5.41, 5.74) is 1.20. The van der Waals surface area contributed by atoms with E-state index in [1.807, 2.05) is 18.2 Å². The van der Waals surface area contributed by atoms with E-state index in [4.69, 9.17) is 9.84 Å². The van der Waals surface area contributed by atoms with Crippen LogP contribution in [0.5, 0.6) is 5.75 Å². The Bertz CT molecular complexity index is 443. The van der Waals surface area contributed by atoms with Gasteiger partial charge in [-0.3, -0.25) is 0 Å². The zero-order valence-corrected chi connectivity index (χ0v) is 11.2. The molecule has 5 heteroatoms. The van der Waals surface area contributed by atoms with Crippen molar-refractivity contribution in [2.75, 3.05) is 19.0 Å². The highest BCUT2D eigenvalue weighted by molar-refractivity contribution is 9.10. The molecule has 92 valence electrons. The van der Waals surface area contributed by atoms with Crippen LogP contribution in [0.15, 0.2) is 34.3 Å². The van der Waals surface area contributed by atoms with Gasteiger partial charge in [-0.2, -0.15) is 0 Å². The molecular weight excluding hydrogens is 286 g/mol. The van der Waals surface area contributed by atoms with Crippen LogP contribution in [-0.4, -0.2) is 24.7 Å². The number of benzene rings is 1. The highest BCUT2D eigenvalue weighted by Gasteiger charge is 2.01. The van der Waals surface area contributed by atoms with Crippen molar-refractivity contribution in [2.24, 2.45) is 0 Å². The van der Waals surface area contributed by atoms with Crippen LogP contribution in [0.2, 0.25) is 0 Å². The zero-order chi connectivity index (χ0) is 12.8. The van der Waals surface area contributed by atoms with Crippen LogP contribution in [0, 0.1) is 0 Å². The maximum Gasteiger partial charge on any atom is 0.331 e. The van der Waals surface area contributed by atoms with Crippen LogP contribution >= 0.6 is 15.9 Å². The van der Waals surface area contributed by atoms with Gasteiger partial charge in [0.05, 0.1) is 11.6 Å². The standard InChI is InChI=1S/C12H14BrNO3/c1-8(12(15)16)5-6-14-9-3-4-10(13)11(7-9)17-2/h3-5,7,14H,6H2,1-2H3,(H,15,16)/b8-5-. The Labute approximate surface area is 108 Å². The molecule has 0 amide bonds. The van der Waals surface area contributed by atoms with E-state index in [0.29, 0.717) is 12.1 Å². The Morgan fingerprint density at radius 2 is 2.29 bits per heavy atom. The molecule has 0 aliphatic carbocycles. The molecule has 0 fully saturated rings. The average Bonchev–Trinajstić information content (AvgIpc) is 2.31. The molecule has 1 aromatic carbocycles. The van der Waals surface area contributed by atoms with E-state index in [1.165, 1.54) is 0 Å². The lowest BCUT2D eigenvalue weighted by molar-refractivity contribution is -0.132. The third kappa shape index (κ3) is 4.11. The van der Waals surface area contributed by atoms with Gasteiger partial charge >= 0.3 is 5.97 Å². The first-order chi connectivity index (χ1) is 8.04. The smallest absolute Gasteiger partial charge is 0.331 e. The molecule has 2 N–H and O–H groups in total. The van der Waals surface area contributed by atoms with Gasteiger partial charge < -0.3 is 15.2 Å². The minimum Gasteiger partial charge on any atom is -0.495 e. The topological polar surface area (TPSA) is 58.6 Å². The summed E-state index contributed by atoms with van der Waals surface area (Å²) in [4.78, 5) is 10.6. The number of carbonyl (C=O) groups is 1. The third-order valence-corrected chi connectivity index (χ3v) is 2.86. The highest BCUT2D eigenvalue weighted by Crippen LogP contribution is 2.27. The summed E-state index contributed by atoms with van der Waals surface area (Å²) in [6.07, 6.45) is 1.62. The van der Waals surface area contributed by atoms with Gasteiger partial charge in [-0.15, -0.1) is 0 Å². The summed E-state index contributed by atoms with van der Waals surface area (Å²) in [5.74, 6) is -0.172. The van der Waals surface area contributed by atoms with Crippen LogP contribution in [0.25, 0.3) is 0 Å². The van der Waals surface area contributed by atoms with Gasteiger partial charge in [0.25, 0.3) is 0 Å². The first kappa shape index (κ1) is 13.6. The number of halogens is 1. The van der Waals surface area contributed by atoms with Gasteiger partial charge in [0.2, 0.25) is 0 Å². The highest BCUT2D eigenvalue weighted by atomic mass is 79.9. The average molecular weight is 300 g/mol. The quantitative estimate of drug-likeness (QED) is 0.821. The van der Waals surface area contributed by atoms with Crippen LogP contribution in [-0.2, 0) is 4.79 Å². The second kappa shape index (κ2) is 6.30. The molecule has 0 radical (unpaired) electrons. The molecule has 17 heavy (non-hydrogen) atoms. The molecule has 0 bridgehead atoms. The Morgan fingerprint density at radius 1 is 1.59 bits per heavy atom. The molecule has 0 heterocycles. The van der Waals surface area contributed by atoms with Crippen molar-refractivity contribution in [1.82, 2.24) is 0 Å². The fourth-order valence-corrected chi connectivity index (χ4v) is 1.59. The summed E-state index contributed by atoms with van der Waals surface area (Å²) in [5, 5.41) is 11.8. The third-order valence-electron chi connectivity index (χ3n) is 2.20. The van der Waals surface area contributed by atoms with E-state index in [1.54, 1.807) is 20.1 Å². The lowest BCUT2D eigenvalue weighted by atomic mass is 10.2. The molecule has 0 atom stereocenters. The Kier molecular flexibility index (Phi) is 5.03. The summed E-state index contributed by atoms with van der Waals surface area (Å²) in [7, 11) is 1.60. The maximum atomic E-state index is 10.6. The summed E-state index contributed by atoms with van der Waals surface area (Å²) in [6.45, 7) is 2.02. The predicted octanol–water partition coefficient (Wildman–Crippen LogP) is 2.90. The number of rotatable bonds is 5. The van der Waals surface area contributed by atoms with Crippen molar-refractivity contribution in [2.45, 2.75) is 6.92 Å². The van der Waals surface area contributed by atoms with E-state index in [-0.39, 0.29) is 0 Å². The summed E-state index contributed by atoms with van der Waals surface area (Å²) < 4.78 is 6.03. The maximum absolute atomic E-state index is 10.6. The molecule has 1 aromatic rings. The van der Waals surface area contributed by atoms with Crippen molar-refractivity contribution < 1.29 is 14.6 Å². The van der Waals surface area contributed by atoms with Crippen LogP contribution in [0.4, 0.5) is 5.69 Å². The van der Waals surface area contributed by atoms with E-state index < -0.39 is 5.97 Å². The van der Waals surface area contributed by atoms with Crippen LogP contribution in [0.3, 0.4) is 0 Å². The molecule has 0 aliphatic heterocycles. The monoisotopic (exact) mass is 299 g/mol. The van der Waals surface area contributed by atoms with Crippen molar-refractivity contribution in [3.8, 4) is 5.75 Å². The van der Waals surface area contributed by atoms with Gasteiger partial charge in [0, 0.05) is 23.9 Å². The molecule has 4 nitrogen and oxygen atoms in total. The second-order valence-electron chi connectivity index (χ2n) is 3.42. The number of nitrogens with one attached hydrogen (secondary N) is 1. The largest absolute Gasteiger partial charge is 0.495 e. The van der Waals surface area contributed by atoms with Gasteiger partial charge in [-0.25, -0.2) is 4.79 Å². The Morgan fingerprint density at radius 3 is 2.88 bits per heavy atom. The summed E-state index contributed by atoms with van der Waals surface area (Å²) >= 11 is 3.36. The Hall–Kier alpha value is -1.49. The molecule has 0 unspecified atom stereocenters. The zero-order valence-electron chi connectivity index (χ0n) is 9.66. The predicted molar refractivity (Wildman–Crippen MR) is 70.6 cm³/mol. The molecule has 0 saturated carbocycles. The molecule has 0 saturated heterocycles. The van der Waals surface area contributed by atoms with Gasteiger partial charge in [-0.05, 0) is 35.0 Å². The minimum absolute atomic E-state index is 0.321. The van der Waals surface area contributed by atoms with Crippen LogP contribution < -0.4 is 10.1 Å². The number of hydrogen-bond donors (Lipinski definition) is 2. The first-order valence-corrected chi connectivity index (χ1v) is 5.81. The number of aliphatic carboxylic acids is 1. The Balaban J connectivity index is 2.64. The fraction of sp³-hybridized carbons (Fsp3) is 0.250. The van der Waals surface area contributed by atoms with Crippen molar-refractivity contribution in [3.05, 3.63) is 34.3 Å². The van der Waals surface area contributed by atoms with E-state index >= 15 is 0 Å². The number of anilines is 1. The fourth-order valence-electron chi connectivity index (χ4n) is 1.18. The van der Waals surface area contributed by atoms with Crippen molar-refractivity contribution >= 4 is 27.6 Å². The molecular formula is C12H14BrNO3. The number of ether oxygens (including phenoxy) is 1. The normalized spacial score (nSPS) is 11.1. The lowest BCUT2D eigenvalue weighted by Gasteiger charge is -2.07. The molecule has 0 spiro atoms. The van der Waals surface area contributed by atoms with Crippen LogP contribution in [0.1, 0.15) is 6.92 Å². The van der Waals surface area contributed by atoms with Crippen molar-refractivity contribution in [1.29, 1.82) is 0 Å². The number of carboxylic acid groups (broad SMARTS) is 1. The molecule has 0 aromatic heterocycles. The first-order valence-electron chi connectivity index (χ1n) is 5.02. The SMILES string of the molecule is COc1cc(NC/C=C(/C)C(=O)O)ccc1Br. The second-order valence-corrected chi connectivity index (χ2v) is 4.28. The minimum atomic E-state index is -0.903. The van der Waals surface area contributed by atoms with E-state index in [9.17, 15) is 4.79 Å². The van der Waals surface area contributed by atoms with Crippen molar-refractivity contribution in [3.63, 3.8) is 0 Å². The van der Waals surface area contributed by atoms with E-state index in [2.05, 4.69) is 21.2 Å². The number of hydrogen-bond acceptors (Lipinski definition) is 3. The van der Waals surface area contributed by atoms with Gasteiger partial charge in [-0.1, -0.05) is 6.08 Å². The van der Waals surface area contributed by atoms with Gasteiger partial charge in [0.15, 0.2) is 0 Å². The summed E-state index contributed by atoms with van der Waals surface area (Å²) in [6, 6.07) is 5.60. The number of methoxy groups -OCH3 is 1. The lowest BCUT2D eigenvalue weighted by Crippen LogP contribution is -2.03. The van der Waals surface area contributed by atoms with Gasteiger partial charge in [0.1, 0.15) is 5.75 Å². The molecule has 1 rings (SSSR count).